The number of aliphatic hydroxyl groups is 1. The predicted octanol–water partition coefficient (Wildman–Crippen LogP) is 3.03. The minimum atomic E-state index is 0.0115. The normalized spacial score (nSPS) is 11.0. The van der Waals surface area contributed by atoms with Gasteiger partial charge in [-0.3, -0.25) is 0 Å². The molecule has 3 nitrogen and oxygen atoms in total. The molecular weight excluding hydrogens is 264 g/mol. The molecule has 0 fully saturated rings. The maximum Gasteiger partial charge on any atom is 0.0717 e. The lowest BCUT2D eigenvalue weighted by Gasteiger charge is -2.15. The van der Waals surface area contributed by atoms with Gasteiger partial charge in [-0.2, -0.15) is 0 Å². The van der Waals surface area contributed by atoms with Crippen LogP contribution in [0.4, 0.5) is 0 Å². The van der Waals surface area contributed by atoms with Crippen LogP contribution in [-0.2, 0) is 22.7 Å². The Morgan fingerprint density at radius 3 is 1.52 bits per heavy atom. The van der Waals surface area contributed by atoms with E-state index in [1.807, 2.05) is 60.7 Å². The van der Waals surface area contributed by atoms with Gasteiger partial charge in [-0.15, -0.1) is 0 Å². The quantitative estimate of drug-likeness (QED) is 0.770. The van der Waals surface area contributed by atoms with Crippen LogP contribution in [0.3, 0.4) is 0 Å². The smallest absolute Gasteiger partial charge is 0.0717 e. The van der Waals surface area contributed by atoms with Crippen molar-refractivity contribution in [2.45, 2.75) is 13.2 Å². The lowest BCUT2D eigenvalue weighted by Crippen LogP contribution is -2.20. The summed E-state index contributed by atoms with van der Waals surface area (Å²) in [5.41, 5.74) is 2.28. The number of hydrogen-bond acceptors (Lipinski definition) is 3. The van der Waals surface area contributed by atoms with Crippen LogP contribution in [0.5, 0.6) is 0 Å². The Hall–Kier alpha value is -1.68. The summed E-state index contributed by atoms with van der Waals surface area (Å²) in [6, 6.07) is 20.0. The predicted molar refractivity (Wildman–Crippen MR) is 82.8 cm³/mol. The van der Waals surface area contributed by atoms with E-state index in [-0.39, 0.29) is 12.5 Å². The molecule has 0 aliphatic rings. The summed E-state index contributed by atoms with van der Waals surface area (Å²) in [6.07, 6.45) is 0. The summed E-state index contributed by atoms with van der Waals surface area (Å²) in [4.78, 5) is 0. The average Bonchev–Trinajstić information content (AvgIpc) is 2.55. The first-order valence-corrected chi connectivity index (χ1v) is 7.22. The Labute approximate surface area is 126 Å². The maximum absolute atomic E-state index is 9.36. The number of aliphatic hydroxyl groups excluding tert-OH is 1. The van der Waals surface area contributed by atoms with E-state index >= 15 is 0 Å². The molecule has 3 heteroatoms. The molecule has 0 bridgehead atoms. The molecule has 0 atom stereocenters. The highest BCUT2D eigenvalue weighted by molar-refractivity contribution is 5.14. The van der Waals surface area contributed by atoms with Crippen molar-refractivity contribution in [2.75, 3.05) is 19.8 Å². The summed E-state index contributed by atoms with van der Waals surface area (Å²) < 4.78 is 11.3. The lowest BCUT2D eigenvalue weighted by molar-refractivity contribution is 0.00559. The molecule has 0 aliphatic heterocycles. The molecule has 0 spiro atoms. The molecule has 2 aromatic rings. The molecule has 2 aromatic carbocycles. The Kier molecular flexibility index (Phi) is 6.95. The first-order chi connectivity index (χ1) is 10.4. The first-order valence-electron chi connectivity index (χ1n) is 7.22. The van der Waals surface area contributed by atoms with Crippen LogP contribution in [0.25, 0.3) is 0 Å². The molecule has 0 aromatic heterocycles. The number of rotatable bonds is 9. The molecular formula is C18H22O3. The molecule has 112 valence electrons. The van der Waals surface area contributed by atoms with Crippen LogP contribution < -0.4 is 0 Å². The fraction of sp³-hybridized carbons (Fsp3) is 0.333. The zero-order valence-corrected chi connectivity index (χ0v) is 12.2. The van der Waals surface area contributed by atoms with Gasteiger partial charge in [0.05, 0.1) is 33.0 Å². The van der Waals surface area contributed by atoms with Gasteiger partial charge in [0.25, 0.3) is 0 Å². The van der Waals surface area contributed by atoms with E-state index in [0.717, 1.165) is 11.1 Å². The summed E-state index contributed by atoms with van der Waals surface area (Å²) >= 11 is 0. The van der Waals surface area contributed by atoms with Crippen LogP contribution >= 0.6 is 0 Å². The van der Waals surface area contributed by atoms with Gasteiger partial charge in [0.1, 0.15) is 0 Å². The molecule has 0 heterocycles. The Balaban J connectivity index is 1.64. The topological polar surface area (TPSA) is 38.7 Å². The second-order valence-corrected chi connectivity index (χ2v) is 5.05. The minimum absolute atomic E-state index is 0.0115. The van der Waals surface area contributed by atoms with Gasteiger partial charge in [0.2, 0.25) is 0 Å². The molecule has 0 aliphatic carbocycles. The van der Waals surface area contributed by atoms with Crippen LogP contribution in [-0.4, -0.2) is 24.9 Å². The van der Waals surface area contributed by atoms with E-state index in [1.54, 1.807) is 0 Å². The van der Waals surface area contributed by atoms with Gasteiger partial charge in [0.15, 0.2) is 0 Å². The standard InChI is InChI=1S/C18H22O3/c19-11-18(14-20-12-16-7-3-1-4-8-16)15-21-13-17-9-5-2-6-10-17/h1-10,18-19H,11-15H2. The van der Waals surface area contributed by atoms with E-state index in [4.69, 9.17) is 9.47 Å². The van der Waals surface area contributed by atoms with Crippen molar-refractivity contribution in [3.63, 3.8) is 0 Å². The van der Waals surface area contributed by atoms with Crippen molar-refractivity contribution >= 4 is 0 Å². The zero-order chi connectivity index (χ0) is 14.8. The lowest BCUT2D eigenvalue weighted by atomic mass is 10.2. The molecule has 0 radical (unpaired) electrons. The highest BCUT2D eigenvalue weighted by Gasteiger charge is 2.08. The zero-order valence-electron chi connectivity index (χ0n) is 12.2. The van der Waals surface area contributed by atoms with Crippen molar-refractivity contribution in [3.05, 3.63) is 71.8 Å². The van der Waals surface area contributed by atoms with Crippen molar-refractivity contribution in [1.82, 2.24) is 0 Å². The van der Waals surface area contributed by atoms with E-state index in [0.29, 0.717) is 26.4 Å². The SMILES string of the molecule is OCC(COCc1ccccc1)COCc1ccccc1. The fourth-order valence-electron chi connectivity index (χ4n) is 1.99. The number of hydrogen-bond donors (Lipinski definition) is 1. The van der Waals surface area contributed by atoms with Gasteiger partial charge in [-0.25, -0.2) is 0 Å². The van der Waals surface area contributed by atoms with E-state index in [9.17, 15) is 5.11 Å². The molecule has 0 unspecified atom stereocenters. The van der Waals surface area contributed by atoms with Crippen molar-refractivity contribution in [3.8, 4) is 0 Å². The van der Waals surface area contributed by atoms with Gasteiger partial charge < -0.3 is 14.6 Å². The summed E-state index contributed by atoms with van der Waals surface area (Å²) in [5, 5.41) is 9.36. The van der Waals surface area contributed by atoms with E-state index < -0.39 is 0 Å². The number of benzene rings is 2. The van der Waals surface area contributed by atoms with E-state index in [2.05, 4.69) is 0 Å². The van der Waals surface area contributed by atoms with Gasteiger partial charge in [-0.05, 0) is 11.1 Å². The van der Waals surface area contributed by atoms with Crippen LogP contribution in [0, 0.1) is 5.92 Å². The third-order valence-electron chi connectivity index (χ3n) is 3.19. The third kappa shape index (κ3) is 6.08. The monoisotopic (exact) mass is 286 g/mol. The molecule has 0 saturated heterocycles. The third-order valence-corrected chi connectivity index (χ3v) is 3.19. The van der Waals surface area contributed by atoms with Gasteiger partial charge in [0, 0.05) is 5.92 Å². The second kappa shape index (κ2) is 9.29. The summed E-state index contributed by atoms with van der Waals surface area (Å²) in [6.45, 7) is 2.20. The highest BCUT2D eigenvalue weighted by Crippen LogP contribution is 2.06. The number of ether oxygens (including phenoxy) is 2. The Morgan fingerprint density at radius 2 is 1.14 bits per heavy atom. The van der Waals surface area contributed by atoms with Crippen molar-refractivity contribution in [2.24, 2.45) is 5.92 Å². The molecule has 21 heavy (non-hydrogen) atoms. The fourth-order valence-corrected chi connectivity index (χ4v) is 1.99. The van der Waals surface area contributed by atoms with Crippen LogP contribution in [0.1, 0.15) is 11.1 Å². The van der Waals surface area contributed by atoms with E-state index in [1.165, 1.54) is 0 Å². The van der Waals surface area contributed by atoms with Crippen LogP contribution in [0.2, 0.25) is 0 Å². The summed E-state index contributed by atoms with van der Waals surface area (Å²) in [7, 11) is 0. The van der Waals surface area contributed by atoms with Crippen molar-refractivity contribution < 1.29 is 14.6 Å². The average molecular weight is 286 g/mol. The highest BCUT2D eigenvalue weighted by atomic mass is 16.5. The van der Waals surface area contributed by atoms with Gasteiger partial charge in [-0.1, -0.05) is 60.7 Å². The Bertz CT molecular complexity index is 439. The van der Waals surface area contributed by atoms with Crippen LogP contribution in [0.15, 0.2) is 60.7 Å². The molecule has 1 N–H and O–H groups in total. The largest absolute Gasteiger partial charge is 0.396 e. The van der Waals surface area contributed by atoms with Crippen molar-refractivity contribution in [1.29, 1.82) is 0 Å². The molecule has 0 saturated carbocycles. The van der Waals surface area contributed by atoms with Gasteiger partial charge >= 0.3 is 0 Å². The summed E-state index contributed by atoms with van der Waals surface area (Å²) in [5.74, 6) is 0.0115. The maximum atomic E-state index is 9.36. The second-order valence-electron chi connectivity index (χ2n) is 5.05. The first kappa shape index (κ1) is 15.7. The molecule has 2 rings (SSSR count). The molecule has 0 amide bonds. The Morgan fingerprint density at radius 1 is 0.714 bits per heavy atom. The minimum Gasteiger partial charge on any atom is -0.396 e.